The van der Waals surface area contributed by atoms with Gasteiger partial charge in [0.2, 0.25) is 0 Å². The maximum absolute atomic E-state index is 13.4. The fraction of sp³-hybridized carbons (Fsp3) is 0.174. The number of carbonyl (C=O) groups excluding carboxylic acids is 3. The van der Waals surface area contributed by atoms with Crippen LogP contribution in [0.1, 0.15) is 22.8 Å². The summed E-state index contributed by atoms with van der Waals surface area (Å²) < 4.78 is 15.8. The van der Waals surface area contributed by atoms with Gasteiger partial charge in [-0.3, -0.25) is 9.69 Å². The molecule has 0 saturated carbocycles. The van der Waals surface area contributed by atoms with E-state index in [1.807, 2.05) is 6.07 Å². The van der Waals surface area contributed by atoms with Crippen molar-refractivity contribution in [3.63, 3.8) is 0 Å². The van der Waals surface area contributed by atoms with Crippen LogP contribution >= 0.6 is 15.9 Å². The van der Waals surface area contributed by atoms with E-state index in [4.69, 9.17) is 14.2 Å². The number of allylic oxidation sites excluding steroid dienone is 1. The monoisotopic (exact) mass is 485 g/mol. The summed E-state index contributed by atoms with van der Waals surface area (Å²) in [6.45, 7) is 1.66. The minimum Gasteiger partial charge on any atom is -0.496 e. The van der Waals surface area contributed by atoms with Gasteiger partial charge in [0.1, 0.15) is 5.75 Å². The third-order valence-corrected chi connectivity index (χ3v) is 5.32. The number of halogens is 1. The van der Waals surface area contributed by atoms with Gasteiger partial charge in [0.25, 0.3) is 5.91 Å². The van der Waals surface area contributed by atoms with Crippen molar-refractivity contribution in [3.05, 3.63) is 74.9 Å². The number of ether oxygens (including phenoxy) is 3. The average molecular weight is 486 g/mol. The highest BCUT2D eigenvalue weighted by atomic mass is 79.9. The molecule has 0 saturated heterocycles. The summed E-state index contributed by atoms with van der Waals surface area (Å²) in [5.74, 6) is -0.958. The first-order valence-electron chi connectivity index (χ1n) is 9.20. The number of nitrogens with zero attached hydrogens (tertiary/aromatic N) is 1. The van der Waals surface area contributed by atoms with E-state index in [2.05, 4.69) is 15.9 Å². The van der Waals surface area contributed by atoms with Crippen molar-refractivity contribution in [3.8, 4) is 5.75 Å². The first-order valence-corrected chi connectivity index (χ1v) is 9.99. The van der Waals surface area contributed by atoms with Crippen molar-refractivity contribution in [1.29, 1.82) is 0 Å². The third kappa shape index (κ3) is 4.25. The third-order valence-electron chi connectivity index (χ3n) is 4.83. The van der Waals surface area contributed by atoms with Gasteiger partial charge in [-0.1, -0.05) is 15.9 Å². The summed E-state index contributed by atoms with van der Waals surface area (Å²) in [4.78, 5) is 39.0. The molecular weight excluding hydrogens is 466 g/mol. The van der Waals surface area contributed by atoms with Gasteiger partial charge in [0, 0.05) is 21.4 Å². The molecular formula is C23H20BrNO6. The molecule has 3 rings (SSSR count). The van der Waals surface area contributed by atoms with Crippen molar-refractivity contribution in [2.24, 2.45) is 0 Å². The Bertz CT molecular complexity index is 1120. The van der Waals surface area contributed by atoms with E-state index in [-0.39, 0.29) is 11.1 Å². The van der Waals surface area contributed by atoms with Crippen LogP contribution in [0, 0.1) is 0 Å². The fourth-order valence-electron chi connectivity index (χ4n) is 3.33. The Labute approximate surface area is 188 Å². The van der Waals surface area contributed by atoms with Crippen LogP contribution in [0.4, 0.5) is 5.69 Å². The van der Waals surface area contributed by atoms with Gasteiger partial charge in [0.05, 0.1) is 38.0 Å². The molecule has 0 atom stereocenters. The second-order valence-corrected chi connectivity index (χ2v) is 7.49. The van der Waals surface area contributed by atoms with Crippen LogP contribution in [0.5, 0.6) is 5.75 Å². The zero-order valence-electron chi connectivity index (χ0n) is 17.4. The summed E-state index contributed by atoms with van der Waals surface area (Å²) in [6, 6.07) is 11.7. The van der Waals surface area contributed by atoms with Crippen LogP contribution in [-0.4, -0.2) is 39.2 Å². The van der Waals surface area contributed by atoms with Crippen LogP contribution in [-0.2, 0) is 19.1 Å². The van der Waals surface area contributed by atoms with Crippen molar-refractivity contribution in [2.45, 2.75) is 6.92 Å². The van der Waals surface area contributed by atoms with E-state index >= 15 is 0 Å². The normalized spacial score (nSPS) is 14.8. The van der Waals surface area contributed by atoms with E-state index in [1.54, 1.807) is 49.4 Å². The lowest BCUT2D eigenvalue weighted by Gasteiger charge is -2.18. The van der Waals surface area contributed by atoms with Gasteiger partial charge in [-0.25, -0.2) is 9.59 Å². The zero-order valence-corrected chi connectivity index (χ0v) is 19.0. The van der Waals surface area contributed by atoms with Gasteiger partial charge in [0.15, 0.2) is 0 Å². The molecule has 0 fully saturated rings. The smallest absolute Gasteiger partial charge is 0.340 e. The number of anilines is 1. The van der Waals surface area contributed by atoms with E-state index in [0.29, 0.717) is 28.3 Å². The summed E-state index contributed by atoms with van der Waals surface area (Å²) >= 11 is 3.41. The lowest BCUT2D eigenvalue weighted by atomic mass is 10.0. The zero-order chi connectivity index (χ0) is 22.7. The van der Waals surface area contributed by atoms with Crippen LogP contribution in [0.2, 0.25) is 0 Å². The van der Waals surface area contributed by atoms with E-state index < -0.39 is 17.8 Å². The topological polar surface area (TPSA) is 82.1 Å². The quantitative estimate of drug-likeness (QED) is 0.467. The number of benzene rings is 2. The summed E-state index contributed by atoms with van der Waals surface area (Å²) in [6.07, 6.45) is 1.60. The summed E-state index contributed by atoms with van der Waals surface area (Å²) in [7, 11) is 4.08. The van der Waals surface area contributed by atoms with E-state index in [1.165, 1.54) is 26.2 Å². The number of rotatable bonds is 5. The lowest BCUT2D eigenvalue weighted by molar-refractivity contribution is -0.136. The fourth-order valence-corrected chi connectivity index (χ4v) is 3.71. The van der Waals surface area contributed by atoms with Crippen molar-refractivity contribution >= 4 is 45.5 Å². The highest BCUT2D eigenvalue weighted by molar-refractivity contribution is 9.10. The predicted molar refractivity (Wildman–Crippen MR) is 119 cm³/mol. The molecule has 0 radical (unpaired) electrons. The molecule has 0 unspecified atom stereocenters. The molecule has 0 spiro atoms. The number of carbonyl (C=O) groups is 3. The average Bonchev–Trinajstić information content (AvgIpc) is 3.02. The predicted octanol–water partition coefficient (Wildman–Crippen LogP) is 4.12. The van der Waals surface area contributed by atoms with Gasteiger partial charge >= 0.3 is 11.9 Å². The van der Waals surface area contributed by atoms with Crippen LogP contribution in [0.15, 0.2) is 63.8 Å². The first-order chi connectivity index (χ1) is 14.8. The Morgan fingerprint density at radius 3 is 2.19 bits per heavy atom. The van der Waals surface area contributed by atoms with Gasteiger partial charge in [-0.2, -0.15) is 0 Å². The Morgan fingerprint density at radius 2 is 1.61 bits per heavy atom. The molecule has 1 amide bonds. The molecule has 160 valence electrons. The van der Waals surface area contributed by atoms with E-state index in [0.717, 1.165) is 4.47 Å². The number of hydrogen-bond acceptors (Lipinski definition) is 6. The molecule has 2 aromatic rings. The standard InChI is InChI=1S/C23H20BrNO6/c1-13-20(23(28)31-4)18(12-15-11-16(24)7-10-19(15)29-2)21(26)25(13)17-8-5-14(6-9-17)22(27)30-3/h5-12H,1-4H3/b18-12-. The maximum atomic E-state index is 13.4. The van der Waals surface area contributed by atoms with Gasteiger partial charge in [-0.05, 0) is 55.5 Å². The van der Waals surface area contributed by atoms with Crippen LogP contribution in [0.3, 0.4) is 0 Å². The Hall–Kier alpha value is -3.39. The SMILES string of the molecule is COC(=O)C1=C(C)N(c2ccc(C(=O)OC)cc2)C(=O)/C1=C\c1cc(Br)ccc1OC. The second kappa shape index (κ2) is 9.18. The largest absolute Gasteiger partial charge is 0.496 e. The molecule has 0 aromatic heterocycles. The van der Waals surface area contributed by atoms with Crippen molar-refractivity contribution in [2.75, 3.05) is 26.2 Å². The maximum Gasteiger partial charge on any atom is 0.340 e. The molecule has 0 bridgehead atoms. The molecule has 1 heterocycles. The van der Waals surface area contributed by atoms with E-state index in [9.17, 15) is 14.4 Å². The number of esters is 2. The Morgan fingerprint density at radius 1 is 0.968 bits per heavy atom. The van der Waals surface area contributed by atoms with Crippen molar-refractivity contribution < 1.29 is 28.6 Å². The highest BCUT2D eigenvalue weighted by Gasteiger charge is 2.38. The number of methoxy groups -OCH3 is 3. The highest BCUT2D eigenvalue weighted by Crippen LogP contribution is 2.37. The molecule has 8 heteroatoms. The molecule has 1 aliphatic heterocycles. The minimum atomic E-state index is -0.625. The van der Waals surface area contributed by atoms with Gasteiger partial charge < -0.3 is 14.2 Å². The van der Waals surface area contributed by atoms with Crippen LogP contribution < -0.4 is 9.64 Å². The summed E-state index contributed by atoms with van der Waals surface area (Å²) in [5.41, 5.74) is 2.23. The lowest BCUT2D eigenvalue weighted by Crippen LogP contribution is -2.24. The number of hydrogen-bond donors (Lipinski definition) is 0. The Balaban J connectivity index is 2.12. The minimum absolute atomic E-state index is 0.159. The molecule has 7 nitrogen and oxygen atoms in total. The molecule has 1 aliphatic rings. The molecule has 0 N–H and O–H groups in total. The molecule has 2 aromatic carbocycles. The summed E-state index contributed by atoms with van der Waals surface area (Å²) in [5, 5.41) is 0. The molecule has 0 aliphatic carbocycles. The number of amides is 1. The Kier molecular flexibility index (Phi) is 6.60. The van der Waals surface area contributed by atoms with Crippen LogP contribution in [0.25, 0.3) is 6.08 Å². The van der Waals surface area contributed by atoms with Crippen molar-refractivity contribution in [1.82, 2.24) is 0 Å². The molecule has 31 heavy (non-hydrogen) atoms. The first kappa shape index (κ1) is 22.3. The second-order valence-electron chi connectivity index (χ2n) is 6.58. The van der Waals surface area contributed by atoms with Gasteiger partial charge in [-0.15, -0.1) is 0 Å².